The van der Waals surface area contributed by atoms with Gasteiger partial charge in [-0.3, -0.25) is 14.4 Å². The maximum atomic E-state index is 14.1. The van der Waals surface area contributed by atoms with Gasteiger partial charge in [0.05, 0.1) is 26.4 Å². The van der Waals surface area contributed by atoms with Gasteiger partial charge in [0, 0.05) is 61.8 Å². The number of hydrogen-bond donors (Lipinski definition) is 3. The Hall–Kier alpha value is -5.31. The van der Waals surface area contributed by atoms with E-state index in [4.69, 9.17) is 18.9 Å². The molecule has 2 amide bonds. The molecule has 1 fully saturated rings. The third-order valence-electron chi connectivity index (χ3n) is 10.6. The van der Waals surface area contributed by atoms with Crippen LogP contribution >= 0.6 is 0 Å². The van der Waals surface area contributed by atoms with E-state index in [9.17, 15) is 19.2 Å². The number of aromatic amines is 1. The quantitative estimate of drug-likeness (QED) is 0.0525. The normalized spacial score (nSPS) is 15.9. The van der Waals surface area contributed by atoms with E-state index in [0.29, 0.717) is 88.8 Å². The SMILES string of the molecule is COCCOCCOCCCC(=O)c1cccc(-c2cc(C[C@H](CC(=O)C3CCC(CNC(=O)OC(C)(C)C)CC3)C(=O)Nc3ccc(-c4nn[nH]n4)cc3)ccc2C)c1. The van der Waals surface area contributed by atoms with Crippen molar-refractivity contribution in [1.82, 2.24) is 25.9 Å². The summed E-state index contributed by atoms with van der Waals surface area (Å²) in [4.78, 5) is 53.4. The van der Waals surface area contributed by atoms with Crippen LogP contribution in [0.1, 0.15) is 87.2 Å². The minimum atomic E-state index is -0.636. The topological polar surface area (TPSA) is 184 Å². The molecule has 0 unspecified atom stereocenters. The Morgan fingerprint density at radius 2 is 1.60 bits per heavy atom. The predicted octanol–water partition coefficient (Wildman–Crippen LogP) is 7.57. The number of hydrogen-bond acceptors (Lipinski definition) is 11. The van der Waals surface area contributed by atoms with Crippen molar-refractivity contribution >= 4 is 29.3 Å². The van der Waals surface area contributed by atoms with Crippen molar-refractivity contribution < 1.29 is 38.1 Å². The molecular weight excluding hydrogens is 765 g/mol. The Kier molecular flexibility index (Phi) is 17.5. The summed E-state index contributed by atoms with van der Waals surface area (Å²) in [6.45, 7) is 10.5. The molecule has 1 aromatic heterocycles. The van der Waals surface area contributed by atoms with Gasteiger partial charge in [0.1, 0.15) is 11.4 Å². The average molecular weight is 825 g/mol. The minimum Gasteiger partial charge on any atom is -0.444 e. The number of nitrogens with zero attached hydrogens (tertiary/aromatic N) is 3. The number of benzene rings is 3. The summed E-state index contributed by atoms with van der Waals surface area (Å²) < 4.78 is 21.4. The van der Waals surface area contributed by atoms with Crippen molar-refractivity contribution in [2.24, 2.45) is 17.8 Å². The monoisotopic (exact) mass is 824 g/mol. The van der Waals surface area contributed by atoms with Gasteiger partial charge in [-0.05, 0) is 130 Å². The molecule has 60 heavy (non-hydrogen) atoms. The zero-order valence-corrected chi connectivity index (χ0v) is 35.6. The van der Waals surface area contributed by atoms with E-state index in [2.05, 4.69) is 37.3 Å². The number of carbonyl (C=O) groups is 4. The van der Waals surface area contributed by atoms with Crippen LogP contribution in [-0.4, -0.2) is 96.5 Å². The van der Waals surface area contributed by atoms with Crippen molar-refractivity contribution in [2.45, 2.75) is 84.7 Å². The molecule has 1 aliphatic rings. The summed E-state index contributed by atoms with van der Waals surface area (Å²) >= 11 is 0. The smallest absolute Gasteiger partial charge is 0.407 e. The molecule has 0 radical (unpaired) electrons. The van der Waals surface area contributed by atoms with E-state index in [1.54, 1.807) is 31.4 Å². The molecule has 5 rings (SSSR count). The molecule has 0 aliphatic heterocycles. The standard InChI is InChI=1S/C46H60N6O8/c1-31-11-12-33(27-40(31)36-8-6-9-37(28-36)41(53)10-7-21-58-24-25-59-23-22-57-5)26-38(44(55)48-39-19-17-35(18-20-39)43-49-51-52-50-43)29-42(54)34-15-13-32(14-16-34)30-47-45(56)60-46(2,3)4/h6,8-9,11-12,17-20,27-28,32,34,38H,7,10,13-16,21-26,29-30H2,1-5H3,(H,47,56)(H,48,55)(H,49,50,51,52)/t32?,34?,38-/m1/s1. The summed E-state index contributed by atoms with van der Waals surface area (Å²) in [7, 11) is 1.63. The zero-order chi connectivity index (χ0) is 42.9. The van der Waals surface area contributed by atoms with Crippen LogP contribution in [0.25, 0.3) is 22.5 Å². The number of ether oxygens (including phenoxy) is 4. The van der Waals surface area contributed by atoms with Gasteiger partial charge in [-0.1, -0.05) is 36.4 Å². The van der Waals surface area contributed by atoms with Crippen molar-refractivity contribution in [3.05, 3.63) is 83.4 Å². The summed E-state index contributed by atoms with van der Waals surface area (Å²) in [5.41, 5.74) is 5.19. The van der Waals surface area contributed by atoms with Crippen molar-refractivity contribution in [3.8, 4) is 22.5 Å². The zero-order valence-electron chi connectivity index (χ0n) is 35.6. The van der Waals surface area contributed by atoms with Crippen molar-refractivity contribution in [3.63, 3.8) is 0 Å². The van der Waals surface area contributed by atoms with Crippen LogP contribution < -0.4 is 10.6 Å². The summed E-state index contributed by atoms with van der Waals surface area (Å²) in [6.07, 6.45) is 3.98. The first-order valence-electron chi connectivity index (χ1n) is 20.9. The Morgan fingerprint density at radius 3 is 2.30 bits per heavy atom. The number of Topliss-reactive ketones (excluding diaryl/α,β-unsaturated/α-hetero) is 2. The molecule has 3 aromatic carbocycles. The van der Waals surface area contributed by atoms with E-state index in [1.807, 2.05) is 64.1 Å². The van der Waals surface area contributed by atoms with Gasteiger partial charge in [-0.25, -0.2) is 4.79 Å². The van der Waals surface area contributed by atoms with Gasteiger partial charge in [0.2, 0.25) is 11.7 Å². The highest BCUT2D eigenvalue weighted by atomic mass is 16.6. The van der Waals surface area contributed by atoms with E-state index < -0.39 is 17.6 Å². The fourth-order valence-electron chi connectivity index (χ4n) is 7.32. The Labute approximate surface area is 352 Å². The first-order chi connectivity index (χ1) is 28.9. The molecule has 322 valence electrons. The summed E-state index contributed by atoms with van der Waals surface area (Å²) in [6, 6.07) is 20.9. The van der Waals surface area contributed by atoms with Gasteiger partial charge in [0.15, 0.2) is 5.78 Å². The molecule has 3 N–H and O–H groups in total. The number of methoxy groups -OCH3 is 1. The number of nitrogens with one attached hydrogen (secondary N) is 3. The van der Waals surface area contributed by atoms with Crippen LogP contribution in [0.15, 0.2) is 66.7 Å². The first-order valence-corrected chi connectivity index (χ1v) is 20.9. The van der Waals surface area contributed by atoms with E-state index >= 15 is 0 Å². The Balaban J connectivity index is 1.24. The van der Waals surface area contributed by atoms with Gasteiger partial charge in [-0.2, -0.15) is 5.21 Å². The first kappa shape index (κ1) is 45.8. The highest BCUT2D eigenvalue weighted by Crippen LogP contribution is 2.33. The molecule has 0 spiro atoms. The molecule has 1 atom stereocenters. The molecule has 0 saturated heterocycles. The molecule has 14 nitrogen and oxygen atoms in total. The fraction of sp³-hybridized carbons (Fsp3) is 0.500. The number of carbonyl (C=O) groups excluding carboxylic acids is 4. The molecule has 4 aromatic rings. The summed E-state index contributed by atoms with van der Waals surface area (Å²) in [5.74, 6) is -0.232. The second kappa shape index (κ2) is 22.9. The Morgan fingerprint density at radius 1 is 0.867 bits per heavy atom. The van der Waals surface area contributed by atoms with Crippen LogP contribution in [0.4, 0.5) is 10.5 Å². The highest BCUT2D eigenvalue weighted by molar-refractivity contribution is 5.98. The third-order valence-corrected chi connectivity index (χ3v) is 10.6. The van der Waals surface area contributed by atoms with Gasteiger partial charge in [-0.15, -0.1) is 10.2 Å². The largest absolute Gasteiger partial charge is 0.444 e. The number of ketones is 2. The highest BCUT2D eigenvalue weighted by Gasteiger charge is 2.31. The van der Waals surface area contributed by atoms with Crippen LogP contribution in [0.2, 0.25) is 0 Å². The summed E-state index contributed by atoms with van der Waals surface area (Å²) in [5, 5.41) is 20.0. The van der Waals surface area contributed by atoms with Crippen LogP contribution in [0, 0.1) is 24.7 Å². The molecule has 14 heteroatoms. The molecule has 1 heterocycles. The van der Waals surface area contributed by atoms with E-state index in [1.165, 1.54) is 0 Å². The maximum Gasteiger partial charge on any atom is 0.407 e. The molecule has 1 aliphatic carbocycles. The number of H-pyrrole nitrogens is 1. The average Bonchev–Trinajstić information content (AvgIpc) is 3.78. The minimum absolute atomic E-state index is 0.0412. The number of rotatable bonds is 22. The predicted molar refractivity (Wildman–Crippen MR) is 228 cm³/mol. The van der Waals surface area contributed by atoms with Crippen molar-refractivity contribution in [2.75, 3.05) is 52.0 Å². The van der Waals surface area contributed by atoms with Crippen LogP contribution in [0.3, 0.4) is 0 Å². The third kappa shape index (κ3) is 14.8. The lowest BCUT2D eigenvalue weighted by Crippen LogP contribution is -2.37. The number of aromatic nitrogens is 4. The number of tetrazole rings is 1. The number of alkyl carbamates (subject to hydrolysis) is 1. The number of anilines is 1. The lowest BCUT2D eigenvalue weighted by molar-refractivity contribution is -0.129. The van der Waals surface area contributed by atoms with Gasteiger partial charge < -0.3 is 29.6 Å². The number of aryl methyl sites for hydroxylation is 1. The van der Waals surface area contributed by atoms with E-state index in [-0.39, 0.29) is 35.7 Å². The van der Waals surface area contributed by atoms with Crippen LogP contribution in [0.5, 0.6) is 0 Å². The molecular formula is C46H60N6O8. The Bertz CT molecular complexity index is 1990. The van der Waals surface area contributed by atoms with Gasteiger partial charge >= 0.3 is 6.09 Å². The van der Waals surface area contributed by atoms with E-state index in [0.717, 1.165) is 40.7 Å². The lowest BCUT2D eigenvalue weighted by Gasteiger charge is -2.29. The fourth-order valence-corrected chi connectivity index (χ4v) is 7.32. The molecule has 1 saturated carbocycles. The molecule has 0 bridgehead atoms. The van der Waals surface area contributed by atoms with Crippen molar-refractivity contribution in [1.29, 1.82) is 0 Å². The second-order valence-electron chi connectivity index (χ2n) is 16.4. The maximum absolute atomic E-state index is 14.1. The lowest BCUT2D eigenvalue weighted by atomic mass is 9.77. The van der Waals surface area contributed by atoms with Crippen LogP contribution in [-0.2, 0) is 35.0 Å². The van der Waals surface area contributed by atoms with Gasteiger partial charge in [0.25, 0.3) is 0 Å². The second-order valence-corrected chi connectivity index (χ2v) is 16.4. The number of amides is 2.